The van der Waals surface area contributed by atoms with E-state index in [0.717, 1.165) is 21.7 Å². The molecule has 2 amide bonds. The molecule has 0 atom stereocenters. The average Bonchev–Trinajstić information content (AvgIpc) is 3.27. The van der Waals surface area contributed by atoms with Crippen molar-refractivity contribution >= 4 is 40.2 Å². The number of hydrogen-bond donors (Lipinski definition) is 1. The van der Waals surface area contributed by atoms with E-state index in [9.17, 15) is 14.0 Å². The minimum absolute atomic E-state index is 0.00342. The van der Waals surface area contributed by atoms with Crippen LogP contribution in [-0.2, 0) is 11.2 Å². The van der Waals surface area contributed by atoms with Crippen LogP contribution in [0.2, 0.25) is 0 Å². The van der Waals surface area contributed by atoms with E-state index >= 15 is 0 Å². The summed E-state index contributed by atoms with van der Waals surface area (Å²) in [5.74, 6) is -1.20. The van der Waals surface area contributed by atoms with Crippen LogP contribution in [0.25, 0.3) is 10.4 Å². The highest BCUT2D eigenvalue weighted by Gasteiger charge is 2.29. The molecule has 0 saturated carbocycles. The molecule has 2 aliphatic heterocycles. The number of likely N-dealkylation sites (N-methyl/N-ethyl adjacent to an activating group) is 1. The van der Waals surface area contributed by atoms with Gasteiger partial charge in [0.15, 0.2) is 0 Å². The zero-order valence-corrected chi connectivity index (χ0v) is 18.1. The number of nitrogens with one attached hydrogen (secondary N) is 1. The maximum Gasteiger partial charge on any atom is 0.261 e. The number of carbonyl (C=O) groups excluding carboxylic acids is 2. The third kappa shape index (κ3) is 3.41. The number of amides is 2. The number of nitriles is 1. The second-order valence-corrected chi connectivity index (χ2v) is 8.98. The molecule has 0 spiro atoms. The van der Waals surface area contributed by atoms with Crippen LogP contribution in [0.5, 0.6) is 0 Å². The Morgan fingerprint density at radius 1 is 1.12 bits per heavy atom. The van der Waals surface area contributed by atoms with E-state index < -0.39 is 11.7 Å². The molecule has 1 N–H and O–H groups in total. The van der Waals surface area contributed by atoms with Gasteiger partial charge in [-0.15, -0.1) is 11.3 Å². The number of carbonyl (C=O) groups is 2. The van der Waals surface area contributed by atoms with E-state index in [2.05, 4.69) is 16.3 Å². The lowest BCUT2D eigenvalue weighted by molar-refractivity contribution is -0.116. The molecular weight excluding hydrogens is 427 g/mol. The zero-order valence-electron chi connectivity index (χ0n) is 17.3. The van der Waals surface area contributed by atoms with Gasteiger partial charge in [0.05, 0.1) is 16.9 Å². The topological polar surface area (TPSA) is 76.4 Å². The fraction of sp³-hybridized carbons (Fsp3) is 0.208. The molecule has 5 rings (SSSR count). The van der Waals surface area contributed by atoms with Crippen molar-refractivity contribution in [2.24, 2.45) is 0 Å². The molecule has 0 aliphatic carbocycles. The molecular formula is C24H19FN4O2S. The quantitative estimate of drug-likeness (QED) is 0.633. The summed E-state index contributed by atoms with van der Waals surface area (Å²) in [6.45, 7) is 1.05. The lowest BCUT2D eigenvalue weighted by Crippen LogP contribution is -2.43. The molecule has 1 aromatic heterocycles. The molecule has 0 fully saturated rings. The molecule has 2 aromatic carbocycles. The Labute approximate surface area is 188 Å². The first kappa shape index (κ1) is 20.2. The normalized spacial score (nSPS) is 15.0. The van der Waals surface area contributed by atoms with Gasteiger partial charge in [-0.1, -0.05) is 6.07 Å². The molecule has 0 bridgehead atoms. The van der Waals surface area contributed by atoms with Crippen molar-refractivity contribution < 1.29 is 14.0 Å². The Kier molecular flexibility index (Phi) is 4.91. The molecule has 8 heteroatoms. The van der Waals surface area contributed by atoms with Crippen molar-refractivity contribution in [3.05, 3.63) is 64.3 Å². The standard InChI is InChI=1S/C24H19FN4O2S/c1-28-8-9-29(21-11-15(2-5-20(21)28)22-6-4-16(13-26)32-22)24(31)17-10-14-3-7-23(30)27-19(14)12-18(17)25/h2,4-6,10-12H,3,7-9H2,1H3,(H,27,30). The van der Waals surface area contributed by atoms with Gasteiger partial charge in [-0.3, -0.25) is 9.59 Å². The summed E-state index contributed by atoms with van der Waals surface area (Å²) in [4.78, 5) is 30.3. The molecule has 160 valence electrons. The highest BCUT2D eigenvalue weighted by molar-refractivity contribution is 7.16. The van der Waals surface area contributed by atoms with E-state index in [-0.39, 0.29) is 11.5 Å². The molecule has 0 saturated heterocycles. The highest BCUT2D eigenvalue weighted by Crippen LogP contribution is 2.39. The largest absolute Gasteiger partial charge is 0.371 e. The third-order valence-electron chi connectivity index (χ3n) is 5.90. The van der Waals surface area contributed by atoms with Crippen molar-refractivity contribution in [2.45, 2.75) is 12.8 Å². The Hall–Kier alpha value is -3.70. The first-order valence-electron chi connectivity index (χ1n) is 10.2. The fourth-order valence-corrected chi connectivity index (χ4v) is 4.98. The molecule has 3 heterocycles. The summed E-state index contributed by atoms with van der Waals surface area (Å²) in [7, 11) is 1.96. The summed E-state index contributed by atoms with van der Waals surface area (Å²) >= 11 is 1.39. The van der Waals surface area contributed by atoms with Crippen LogP contribution in [0.4, 0.5) is 21.5 Å². The lowest BCUT2D eigenvalue weighted by atomic mass is 9.98. The van der Waals surface area contributed by atoms with E-state index in [1.165, 1.54) is 17.4 Å². The predicted molar refractivity (Wildman–Crippen MR) is 123 cm³/mol. The van der Waals surface area contributed by atoms with Crippen LogP contribution >= 0.6 is 11.3 Å². The van der Waals surface area contributed by atoms with Crippen molar-refractivity contribution in [1.29, 1.82) is 5.26 Å². The van der Waals surface area contributed by atoms with Gasteiger partial charge >= 0.3 is 0 Å². The number of thiophene rings is 1. The maximum atomic E-state index is 14.9. The van der Waals surface area contributed by atoms with Crippen LogP contribution in [0.15, 0.2) is 42.5 Å². The van der Waals surface area contributed by atoms with Crippen LogP contribution in [0, 0.1) is 17.1 Å². The minimum atomic E-state index is -0.649. The smallest absolute Gasteiger partial charge is 0.261 e. The predicted octanol–water partition coefficient (Wildman–Crippen LogP) is 4.41. The SMILES string of the molecule is CN1CCN(C(=O)c2cc3c(cc2F)NC(=O)CC3)c2cc(-c3ccc(C#N)s3)ccc21. The number of rotatable bonds is 2. The summed E-state index contributed by atoms with van der Waals surface area (Å²) in [5, 5.41) is 11.8. The zero-order chi connectivity index (χ0) is 22.4. The van der Waals surface area contributed by atoms with Crippen LogP contribution in [0.1, 0.15) is 27.2 Å². The maximum absolute atomic E-state index is 14.9. The number of aryl methyl sites for hydroxylation is 1. The van der Waals surface area contributed by atoms with E-state index in [1.54, 1.807) is 17.0 Å². The Bertz CT molecular complexity index is 1310. The Morgan fingerprint density at radius 3 is 2.75 bits per heavy atom. The van der Waals surface area contributed by atoms with Gasteiger partial charge in [0.25, 0.3) is 5.91 Å². The lowest BCUT2D eigenvalue weighted by Gasteiger charge is -2.36. The van der Waals surface area contributed by atoms with Crippen molar-refractivity contribution in [3.8, 4) is 16.5 Å². The summed E-state index contributed by atoms with van der Waals surface area (Å²) in [5.41, 5.74) is 3.69. The number of fused-ring (bicyclic) bond motifs is 2. The first-order valence-corrected chi connectivity index (χ1v) is 11.1. The molecule has 32 heavy (non-hydrogen) atoms. The molecule has 2 aliphatic rings. The van der Waals surface area contributed by atoms with Crippen LogP contribution in [-0.4, -0.2) is 32.0 Å². The van der Waals surface area contributed by atoms with Gasteiger partial charge < -0.3 is 15.1 Å². The van der Waals surface area contributed by atoms with E-state index in [4.69, 9.17) is 5.26 Å². The molecule has 6 nitrogen and oxygen atoms in total. The number of halogens is 1. The van der Waals surface area contributed by atoms with Gasteiger partial charge in [-0.2, -0.15) is 5.26 Å². The van der Waals surface area contributed by atoms with Crippen molar-refractivity contribution in [1.82, 2.24) is 0 Å². The fourth-order valence-electron chi connectivity index (χ4n) is 4.18. The molecule has 3 aromatic rings. The minimum Gasteiger partial charge on any atom is -0.371 e. The number of hydrogen-bond acceptors (Lipinski definition) is 5. The van der Waals surface area contributed by atoms with Gasteiger partial charge in [-0.25, -0.2) is 4.39 Å². The summed E-state index contributed by atoms with van der Waals surface area (Å²) in [6.07, 6.45) is 0.795. The molecule has 0 radical (unpaired) electrons. The average molecular weight is 447 g/mol. The van der Waals surface area contributed by atoms with E-state index in [1.807, 2.05) is 31.3 Å². The van der Waals surface area contributed by atoms with Crippen LogP contribution in [0.3, 0.4) is 0 Å². The van der Waals surface area contributed by atoms with Gasteiger partial charge in [-0.05, 0) is 53.9 Å². The number of anilines is 3. The second-order valence-electron chi connectivity index (χ2n) is 7.89. The molecule has 0 unspecified atom stereocenters. The van der Waals surface area contributed by atoms with E-state index in [0.29, 0.717) is 42.2 Å². The van der Waals surface area contributed by atoms with Crippen molar-refractivity contribution in [2.75, 3.05) is 35.3 Å². The van der Waals surface area contributed by atoms with Crippen LogP contribution < -0.4 is 15.1 Å². The van der Waals surface area contributed by atoms with Crippen molar-refractivity contribution in [3.63, 3.8) is 0 Å². The van der Waals surface area contributed by atoms with Gasteiger partial charge in [0.1, 0.15) is 16.8 Å². The number of nitrogens with zero attached hydrogens (tertiary/aromatic N) is 3. The first-order chi connectivity index (χ1) is 15.4. The van der Waals surface area contributed by atoms with Gasteiger partial charge in [0, 0.05) is 37.1 Å². The summed E-state index contributed by atoms with van der Waals surface area (Å²) < 4.78 is 14.9. The summed E-state index contributed by atoms with van der Waals surface area (Å²) in [6, 6.07) is 14.5. The Morgan fingerprint density at radius 2 is 1.97 bits per heavy atom. The monoisotopic (exact) mass is 446 g/mol. The van der Waals surface area contributed by atoms with Gasteiger partial charge in [0.2, 0.25) is 5.91 Å². The Balaban J connectivity index is 1.55. The number of benzene rings is 2. The highest BCUT2D eigenvalue weighted by atomic mass is 32.1. The third-order valence-corrected chi connectivity index (χ3v) is 6.94. The second kappa shape index (κ2) is 7.77.